The topological polar surface area (TPSA) is 80.6 Å². The molecule has 0 radical (unpaired) electrons. The molecule has 52 heavy (non-hydrogen) atoms. The standard InChI is InChI=1S/C44H35N7Si/c1-52(2,37-26-16-7-17-27-37)38-30-28-36(29-31-38)51(43-47-39(32-18-8-3-9-19-32)45-40(48-43)33-20-10-4-11-21-33)44-49-41(34-22-12-5-13-23-34)46-42(50-44)35-24-14-6-15-25-35/h3-31H,1-2H3. The molecule has 8 rings (SSSR count). The SMILES string of the molecule is C[Si](C)(c1ccccc1)c1ccc(N(c2nc(-c3ccccc3)nc(-c3ccccc3)n2)c2nc(-c3ccccc3)nc(-c3ccccc3)n2)cc1. The summed E-state index contributed by atoms with van der Waals surface area (Å²) in [6, 6.07) is 59.3. The fraction of sp³-hybridized carbons (Fsp3) is 0.0455. The molecule has 0 fully saturated rings. The number of rotatable bonds is 9. The van der Waals surface area contributed by atoms with Crippen molar-refractivity contribution in [1.29, 1.82) is 0 Å². The smallest absolute Gasteiger partial charge is 0.241 e. The van der Waals surface area contributed by atoms with Crippen molar-refractivity contribution in [2.75, 3.05) is 4.90 Å². The third kappa shape index (κ3) is 6.75. The summed E-state index contributed by atoms with van der Waals surface area (Å²) in [5.41, 5.74) is 4.31. The fourth-order valence-corrected chi connectivity index (χ4v) is 8.52. The van der Waals surface area contributed by atoms with E-state index in [1.807, 2.05) is 126 Å². The summed E-state index contributed by atoms with van der Waals surface area (Å²) in [5, 5.41) is 2.67. The van der Waals surface area contributed by atoms with Gasteiger partial charge in [-0.05, 0) is 12.1 Å². The van der Waals surface area contributed by atoms with Crippen LogP contribution in [0.5, 0.6) is 0 Å². The van der Waals surface area contributed by atoms with Gasteiger partial charge in [-0.2, -0.15) is 19.9 Å². The Kier molecular flexibility index (Phi) is 8.95. The summed E-state index contributed by atoms with van der Waals surface area (Å²) >= 11 is 0. The second-order valence-electron chi connectivity index (χ2n) is 12.9. The van der Waals surface area contributed by atoms with Crippen LogP contribution in [-0.4, -0.2) is 38.0 Å². The van der Waals surface area contributed by atoms with Gasteiger partial charge >= 0.3 is 0 Å². The number of nitrogens with zero attached hydrogens (tertiary/aromatic N) is 7. The lowest BCUT2D eigenvalue weighted by molar-refractivity contribution is 0.964. The molecule has 8 heteroatoms. The molecule has 0 saturated carbocycles. The lowest BCUT2D eigenvalue weighted by Crippen LogP contribution is -2.52. The van der Waals surface area contributed by atoms with Gasteiger partial charge < -0.3 is 0 Å². The van der Waals surface area contributed by atoms with E-state index in [2.05, 4.69) is 67.7 Å². The molecular weight excluding hydrogens is 655 g/mol. The molecule has 0 aliphatic carbocycles. The Labute approximate surface area is 304 Å². The predicted molar refractivity (Wildman–Crippen MR) is 213 cm³/mol. The van der Waals surface area contributed by atoms with E-state index >= 15 is 0 Å². The molecule has 0 unspecified atom stereocenters. The normalized spacial score (nSPS) is 11.3. The second-order valence-corrected chi connectivity index (χ2v) is 17.3. The van der Waals surface area contributed by atoms with Crippen LogP contribution in [0.1, 0.15) is 0 Å². The quantitative estimate of drug-likeness (QED) is 0.140. The number of anilines is 3. The average molecular weight is 690 g/mol. The van der Waals surface area contributed by atoms with Crippen molar-refractivity contribution in [2.45, 2.75) is 13.1 Å². The lowest BCUT2D eigenvalue weighted by atomic mass is 10.2. The Morgan fingerprint density at radius 1 is 0.327 bits per heavy atom. The van der Waals surface area contributed by atoms with E-state index in [0.717, 1.165) is 27.9 Å². The van der Waals surface area contributed by atoms with Gasteiger partial charge in [-0.15, -0.1) is 0 Å². The molecule has 250 valence electrons. The lowest BCUT2D eigenvalue weighted by Gasteiger charge is -2.26. The summed E-state index contributed by atoms with van der Waals surface area (Å²) in [5.74, 6) is 2.97. The summed E-state index contributed by atoms with van der Waals surface area (Å²) in [6.07, 6.45) is 0. The number of benzene rings is 6. The second kappa shape index (κ2) is 14.3. The van der Waals surface area contributed by atoms with Crippen LogP contribution in [0.2, 0.25) is 13.1 Å². The van der Waals surface area contributed by atoms with E-state index in [-0.39, 0.29) is 0 Å². The van der Waals surface area contributed by atoms with Crippen molar-refractivity contribution < 1.29 is 0 Å². The highest BCUT2D eigenvalue weighted by Crippen LogP contribution is 2.34. The maximum Gasteiger partial charge on any atom is 0.241 e. The third-order valence-electron chi connectivity index (χ3n) is 9.12. The van der Waals surface area contributed by atoms with E-state index in [4.69, 9.17) is 29.9 Å². The molecule has 8 aromatic rings. The molecule has 2 heterocycles. The van der Waals surface area contributed by atoms with Crippen LogP contribution in [0.25, 0.3) is 45.6 Å². The van der Waals surface area contributed by atoms with Crippen molar-refractivity contribution >= 4 is 36.0 Å². The van der Waals surface area contributed by atoms with Gasteiger partial charge in [0.15, 0.2) is 23.3 Å². The average Bonchev–Trinajstić information content (AvgIpc) is 3.22. The fourth-order valence-electron chi connectivity index (χ4n) is 6.16. The molecular formula is C44H35N7Si. The Morgan fingerprint density at radius 3 is 0.942 bits per heavy atom. The van der Waals surface area contributed by atoms with Gasteiger partial charge in [0.05, 0.1) is 5.69 Å². The Morgan fingerprint density at radius 2 is 0.615 bits per heavy atom. The highest BCUT2D eigenvalue weighted by Gasteiger charge is 2.28. The maximum absolute atomic E-state index is 5.12. The molecule has 0 saturated heterocycles. The summed E-state index contributed by atoms with van der Waals surface area (Å²) in [6.45, 7) is 4.76. The molecule has 0 bridgehead atoms. The van der Waals surface area contributed by atoms with Crippen LogP contribution in [-0.2, 0) is 0 Å². The van der Waals surface area contributed by atoms with E-state index in [1.54, 1.807) is 0 Å². The summed E-state index contributed by atoms with van der Waals surface area (Å²) in [4.78, 5) is 32.3. The highest BCUT2D eigenvalue weighted by atomic mass is 28.3. The molecule has 0 amide bonds. The zero-order valence-corrected chi connectivity index (χ0v) is 29.9. The van der Waals surface area contributed by atoms with Gasteiger partial charge in [0.1, 0.15) is 8.07 Å². The van der Waals surface area contributed by atoms with Crippen LogP contribution >= 0.6 is 0 Å². The monoisotopic (exact) mass is 689 g/mol. The minimum absolute atomic E-state index is 0.393. The maximum atomic E-state index is 5.12. The van der Waals surface area contributed by atoms with Crippen LogP contribution in [0, 0.1) is 0 Å². The van der Waals surface area contributed by atoms with Gasteiger partial charge in [0, 0.05) is 22.3 Å². The molecule has 0 N–H and O–H groups in total. The van der Waals surface area contributed by atoms with Crippen LogP contribution in [0.3, 0.4) is 0 Å². The third-order valence-corrected chi connectivity index (χ3v) is 12.7. The van der Waals surface area contributed by atoms with E-state index in [9.17, 15) is 0 Å². The molecule has 2 aromatic heterocycles. The van der Waals surface area contributed by atoms with Gasteiger partial charge in [0.25, 0.3) is 0 Å². The number of hydrogen-bond donors (Lipinski definition) is 0. The van der Waals surface area contributed by atoms with Crippen LogP contribution < -0.4 is 15.3 Å². The predicted octanol–water partition coefficient (Wildman–Crippen LogP) is 9.02. The summed E-state index contributed by atoms with van der Waals surface area (Å²) < 4.78 is 0. The molecule has 7 nitrogen and oxygen atoms in total. The first kappa shape index (κ1) is 32.6. The van der Waals surface area contributed by atoms with Crippen LogP contribution in [0.4, 0.5) is 17.6 Å². The first-order valence-corrected chi connectivity index (χ1v) is 20.2. The molecule has 0 atom stereocenters. The molecule has 0 aliphatic heterocycles. The zero-order chi connectivity index (χ0) is 35.3. The van der Waals surface area contributed by atoms with Crippen molar-refractivity contribution in [3.05, 3.63) is 176 Å². The van der Waals surface area contributed by atoms with E-state index in [0.29, 0.717) is 35.2 Å². The largest absolute Gasteiger partial charge is 0.246 e. The first-order chi connectivity index (χ1) is 25.5. The molecule has 0 spiro atoms. The number of aromatic nitrogens is 6. The minimum atomic E-state index is -1.98. The van der Waals surface area contributed by atoms with Gasteiger partial charge in [-0.3, -0.25) is 0 Å². The Hall–Kier alpha value is -6.64. The van der Waals surface area contributed by atoms with Gasteiger partial charge in [0.2, 0.25) is 11.9 Å². The number of hydrogen-bond acceptors (Lipinski definition) is 7. The first-order valence-electron chi connectivity index (χ1n) is 17.2. The van der Waals surface area contributed by atoms with Crippen molar-refractivity contribution in [1.82, 2.24) is 29.9 Å². The van der Waals surface area contributed by atoms with Crippen LogP contribution in [0.15, 0.2) is 176 Å². The van der Waals surface area contributed by atoms with Crippen molar-refractivity contribution in [3.63, 3.8) is 0 Å². The molecule has 6 aromatic carbocycles. The highest BCUT2D eigenvalue weighted by molar-refractivity contribution is 7.00. The van der Waals surface area contributed by atoms with Crippen molar-refractivity contribution in [2.24, 2.45) is 0 Å². The van der Waals surface area contributed by atoms with Gasteiger partial charge in [-0.1, -0.05) is 187 Å². The zero-order valence-electron chi connectivity index (χ0n) is 28.9. The van der Waals surface area contributed by atoms with E-state index < -0.39 is 8.07 Å². The minimum Gasteiger partial charge on any atom is -0.246 e. The van der Waals surface area contributed by atoms with Gasteiger partial charge in [-0.25, -0.2) is 14.9 Å². The van der Waals surface area contributed by atoms with Crippen molar-refractivity contribution in [3.8, 4) is 45.6 Å². The van der Waals surface area contributed by atoms with E-state index in [1.165, 1.54) is 10.4 Å². The Bertz CT molecular complexity index is 2170. The Balaban J connectivity index is 1.37. The summed E-state index contributed by atoms with van der Waals surface area (Å²) in [7, 11) is -1.98. The molecule has 0 aliphatic rings.